The average Bonchev–Trinajstić information content (AvgIpc) is 3.33. The number of allylic oxidation sites excluding steroid dienone is 6. The molecule has 1 fully saturated rings. The van der Waals surface area contributed by atoms with Gasteiger partial charge in [0.05, 0.1) is 6.61 Å². The Hall–Kier alpha value is -3.06. The molecule has 6 unspecified atom stereocenters. The maximum absolute atomic E-state index is 13.0. The van der Waals surface area contributed by atoms with Crippen LogP contribution in [0, 0.1) is 0 Å². The molecule has 0 amide bonds. The lowest BCUT2D eigenvalue weighted by Gasteiger charge is -2.40. The maximum atomic E-state index is 13.0. The monoisotopic (exact) mass is 977 g/mol. The summed E-state index contributed by atoms with van der Waals surface area (Å²) < 4.78 is 28.3. The highest BCUT2D eigenvalue weighted by Gasteiger charge is 2.50. The first-order chi connectivity index (χ1) is 33.6. The van der Waals surface area contributed by atoms with Gasteiger partial charge in [0.1, 0.15) is 18.8 Å². The summed E-state index contributed by atoms with van der Waals surface area (Å²) in [6.45, 7) is 5.88. The van der Waals surface area contributed by atoms with Gasteiger partial charge in [-0.1, -0.05) is 198 Å². The number of unbranched alkanes of at least 4 members (excludes halogenated alkanes) is 27. The summed E-state index contributed by atoms with van der Waals surface area (Å²) in [7, 11) is 0. The van der Waals surface area contributed by atoms with Crippen LogP contribution in [0.4, 0.5) is 0 Å². The number of aliphatic hydroxyl groups excluding tert-OH is 2. The molecule has 0 aromatic heterocycles. The number of rotatable bonds is 47. The van der Waals surface area contributed by atoms with Crippen molar-refractivity contribution in [1.29, 1.82) is 0 Å². The molecule has 1 aliphatic rings. The van der Waals surface area contributed by atoms with Gasteiger partial charge in [0.15, 0.2) is 24.6 Å². The van der Waals surface area contributed by atoms with Crippen molar-refractivity contribution in [2.24, 2.45) is 0 Å². The molecule has 69 heavy (non-hydrogen) atoms. The molecule has 0 radical (unpaired) electrons. The average molecular weight is 977 g/mol. The van der Waals surface area contributed by atoms with Crippen LogP contribution in [0.1, 0.15) is 252 Å². The van der Waals surface area contributed by atoms with Gasteiger partial charge >= 0.3 is 23.9 Å². The minimum Gasteiger partial charge on any atom is -0.479 e. The second-order valence-corrected chi connectivity index (χ2v) is 19.2. The minimum atomic E-state index is -1.90. The summed E-state index contributed by atoms with van der Waals surface area (Å²) in [5.41, 5.74) is 0. The Labute approximate surface area is 419 Å². The molecule has 0 bridgehead atoms. The van der Waals surface area contributed by atoms with E-state index >= 15 is 0 Å². The first-order valence-corrected chi connectivity index (χ1v) is 28.0. The molecular formula is C57H100O12. The van der Waals surface area contributed by atoms with Crippen LogP contribution >= 0.6 is 0 Å². The van der Waals surface area contributed by atoms with Gasteiger partial charge < -0.3 is 39.0 Å². The minimum absolute atomic E-state index is 0.0570. The molecule has 3 N–H and O–H groups in total. The van der Waals surface area contributed by atoms with E-state index in [-0.39, 0.29) is 25.9 Å². The topological polar surface area (TPSA) is 175 Å². The second kappa shape index (κ2) is 46.0. The summed E-state index contributed by atoms with van der Waals surface area (Å²) in [6, 6.07) is 0. The number of carboxylic acid groups (broad SMARTS) is 1. The quantitative estimate of drug-likeness (QED) is 0.0228. The van der Waals surface area contributed by atoms with Gasteiger partial charge in [-0.2, -0.15) is 0 Å². The van der Waals surface area contributed by atoms with Crippen molar-refractivity contribution in [2.45, 2.75) is 289 Å². The highest BCUT2D eigenvalue weighted by molar-refractivity contribution is 5.74. The van der Waals surface area contributed by atoms with E-state index in [2.05, 4.69) is 57.2 Å². The zero-order chi connectivity index (χ0) is 50.4. The number of ether oxygens (including phenoxy) is 5. The Morgan fingerprint density at radius 2 is 0.899 bits per heavy atom. The van der Waals surface area contributed by atoms with E-state index in [0.717, 1.165) is 103 Å². The van der Waals surface area contributed by atoms with Gasteiger partial charge in [-0.3, -0.25) is 14.4 Å². The fourth-order valence-corrected chi connectivity index (χ4v) is 8.34. The predicted octanol–water partition coefficient (Wildman–Crippen LogP) is 13.7. The SMILES string of the molecule is CCC/C=C\C/C=C\CCCCCCCC(=O)OCC(COC1OC(C(=O)O)C(O)C(O)C1OC(=O)CCCCCCCCC/C=C\CCCCCCCC)OC(=O)CCCCCCCCCCC. The van der Waals surface area contributed by atoms with Crippen molar-refractivity contribution in [2.75, 3.05) is 13.2 Å². The number of aliphatic carboxylic acids is 1. The van der Waals surface area contributed by atoms with Gasteiger partial charge in [0, 0.05) is 19.3 Å². The molecule has 1 saturated heterocycles. The smallest absolute Gasteiger partial charge is 0.335 e. The highest BCUT2D eigenvalue weighted by atomic mass is 16.7. The van der Waals surface area contributed by atoms with Crippen LogP contribution in [-0.2, 0) is 42.9 Å². The van der Waals surface area contributed by atoms with Crippen molar-refractivity contribution >= 4 is 23.9 Å². The van der Waals surface area contributed by atoms with E-state index in [9.17, 15) is 34.5 Å². The molecule has 1 rings (SSSR count). The number of aliphatic hydroxyl groups is 2. The number of carbonyl (C=O) groups excluding carboxylic acids is 3. The molecule has 0 aromatic rings. The number of carboxylic acids is 1. The molecule has 12 heteroatoms. The van der Waals surface area contributed by atoms with E-state index < -0.39 is 67.3 Å². The lowest BCUT2D eigenvalue weighted by molar-refractivity contribution is -0.301. The molecule has 1 aliphatic heterocycles. The Bertz CT molecular complexity index is 1350. The van der Waals surface area contributed by atoms with Crippen molar-refractivity contribution in [1.82, 2.24) is 0 Å². The van der Waals surface area contributed by atoms with Crippen LogP contribution in [0.2, 0.25) is 0 Å². The molecule has 0 saturated carbocycles. The largest absolute Gasteiger partial charge is 0.479 e. The fourth-order valence-electron chi connectivity index (χ4n) is 8.34. The number of hydrogen-bond acceptors (Lipinski definition) is 11. The van der Waals surface area contributed by atoms with Crippen LogP contribution in [-0.4, -0.2) is 89.2 Å². The third kappa shape index (κ3) is 36.5. The van der Waals surface area contributed by atoms with Crippen LogP contribution in [0.25, 0.3) is 0 Å². The second-order valence-electron chi connectivity index (χ2n) is 19.2. The van der Waals surface area contributed by atoms with E-state index in [1.807, 2.05) is 0 Å². The molecule has 6 atom stereocenters. The Morgan fingerprint density at radius 1 is 0.478 bits per heavy atom. The first kappa shape index (κ1) is 64.0. The molecule has 0 spiro atoms. The van der Waals surface area contributed by atoms with Crippen LogP contribution < -0.4 is 0 Å². The molecular weight excluding hydrogens is 877 g/mol. The fraction of sp³-hybridized carbons (Fsp3) is 0.825. The summed E-state index contributed by atoms with van der Waals surface area (Å²) >= 11 is 0. The molecule has 1 heterocycles. The van der Waals surface area contributed by atoms with E-state index in [4.69, 9.17) is 23.7 Å². The summed E-state index contributed by atoms with van der Waals surface area (Å²) in [5.74, 6) is -3.13. The van der Waals surface area contributed by atoms with E-state index in [0.29, 0.717) is 19.3 Å². The van der Waals surface area contributed by atoms with Crippen LogP contribution in [0.5, 0.6) is 0 Å². The molecule has 12 nitrogen and oxygen atoms in total. The zero-order valence-electron chi connectivity index (χ0n) is 43.8. The van der Waals surface area contributed by atoms with Crippen molar-refractivity contribution < 1.29 is 58.2 Å². The molecule has 0 aliphatic carbocycles. The summed E-state index contributed by atoms with van der Waals surface area (Å²) in [6.07, 6.45) is 39.9. The lowest BCUT2D eigenvalue weighted by Crippen LogP contribution is -2.61. The van der Waals surface area contributed by atoms with E-state index in [1.165, 1.54) is 89.9 Å². The van der Waals surface area contributed by atoms with Gasteiger partial charge in [-0.05, 0) is 70.6 Å². The number of esters is 3. The standard InChI is InChI=1S/C57H100O12/c1-4-7-10-13-16-19-21-23-24-25-26-28-30-33-36-39-42-45-51(60)68-55-53(62)52(61)54(56(63)64)69-57(55)66-47-48(67-50(59)44-41-38-35-31-18-15-12-9-6-3)46-65-49(58)43-40-37-34-32-29-27-22-20-17-14-11-8-5-2/h11,14,20,22-24,48,52-55,57,61-62H,4-10,12-13,15-19,21,25-47H2,1-3H3,(H,63,64)/b14-11-,22-20-,24-23-. The van der Waals surface area contributed by atoms with Crippen molar-refractivity contribution in [3.8, 4) is 0 Å². The normalized spacial score (nSPS) is 18.9. The lowest BCUT2D eigenvalue weighted by atomic mass is 9.98. The van der Waals surface area contributed by atoms with Crippen molar-refractivity contribution in [3.05, 3.63) is 36.5 Å². The first-order valence-electron chi connectivity index (χ1n) is 28.0. The molecule has 0 aromatic carbocycles. The molecule has 400 valence electrons. The summed E-state index contributed by atoms with van der Waals surface area (Å²) in [5, 5.41) is 31.4. The van der Waals surface area contributed by atoms with Gasteiger partial charge in [-0.25, -0.2) is 4.79 Å². The van der Waals surface area contributed by atoms with Gasteiger partial charge in [0.25, 0.3) is 0 Å². The highest BCUT2D eigenvalue weighted by Crippen LogP contribution is 2.26. The van der Waals surface area contributed by atoms with Gasteiger partial charge in [0.2, 0.25) is 0 Å². The Morgan fingerprint density at radius 3 is 1.38 bits per heavy atom. The van der Waals surface area contributed by atoms with Crippen LogP contribution in [0.15, 0.2) is 36.5 Å². The van der Waals surface area contributed by atoms with Crippen molar-refractivity contribution in [3.63, 3.8) is 0 Å². The Balaban J connectivity index is 2.67. The number of hydrogen-bond donors (Lipinski definition) is 3. The maximum Gasteiger partial charge on any atom is 0.335 e. The third-order valence-electron chi connectivity index (χ3n) is 12.7. The third-order valence-corrected chi connectivity index (χ3v) is 12.7. The van der Waals surface area contributed by atoms with Crippen LogP contribution in [0.3, 0.4) is 0 Å². The van der Waals surface area contributed by atoms with Gasteiger partial charge in [-0.15, -0.1) is 0 Å². The zero-order valence-corrected chi connectivity index (χ0v) is 43.8. The Kier molecular flexibility index (Phi) is 42.7. The predicted molar refractivity (Wildman–Crippen MR) is 276 cm³/mol. The summed E-state index contributed by atoms with van der Waals surface area (Å²) in [4.78, 5) is 50.8. The number of carbonyl (C=O) groups is 4. The van der Waals surface area contributed by atoms with E-state index in [1.54, 1.807) is 0 Å².